The zero-order chi connectivity index (χ0) is 19.2. The van der Waals surface area contributed by atoms with E-state index in [2.05, 4.69) is 31.1 Å². The van der Waals surface area contributed by atoms with Gasteiger partial charge in [0, 0.05) is 44.5 Å². The van der Waals surface area contributed by atoms with Gasteiger partial charge in [-0.25, -0.2) is 0 Å². The molecule has 0 spiro atoms. The monoisotopic (exact) mass is 353 g/mol. The molecule has 0 saturated heterocycles. The van der Waals surface area contributed by atoms with E-state index in [1.807, 2.05) is 36.4 Å². The van der Waals surface area contributed by atoms with Crippen molar-refractivity contribution in [2.24, 2.45) is 0 Å². The Morgan fingerprint density at radius 3 is 2.35 bits per heavy atom. The van der Waals surface area contributed by atoms with E-state index >= 15 is 0 Å². The van der Waals surface area contributed by atoms with Crippen molar-refractivity contribution in [3.05, 3.63) is 59.9 Å². The Morgan fingerprint density at radius 2 is 1.73 bits per heavy atom. The van der Waals surface area contributed by atoms with Crippen molar-refractivity contribution < 1.29 is 9.59 Å². The van der Waals surface area contributed by atoms with Crippen molar-refractivity contribution in [1.82, 2.24) is 10.3 Å². The molecule has 0 saturated carbocycles. The third-order valence-corrected chi connectivity index (χ3v) is 4.18. The summed E-state index contributed by atoms with van der Waals surface area (Å²) in [5.41, 5.74) is 2.87. The van der Waals surface area contributed by atoms with E-state index < -0.39 is 0 Å². The van der Waals surface area contributed by atoms with Gasteiger partial charge in [0.25, 0.3) is 0 Å². The zero-order valence-corrected chi connectivity index (χ0v) is 16.0. The highest BCUT2D eigenvalue weighted by Gasteiger charge is 2.23. The first-order chi connectivity index (χ1) is 12.3. The van der Waals surface area contributed by atoms with Crippen LogP contribution in [0.3, 0.4) is 0 Å². The van der Waals surface area contributed by atoms with Gasteiger partial charge in [-0.1, -0.05) is 39.0 Å². The Hall–Kier alpha value is -2.69. The SMILES string of the molecule is CC(=O)N(CCC(=O)NCc1ccncc1)c1ccccc1C(C)(C)C. The summed E-state index contributed by atoms with van der Waals surface area (Å²) in [5.74, 6) is -0.148. The normalized spacial score (nSPS) is 11.1. The first-order valence-electron chi connectivity index (χ1n) is 8.82. The number of benzene rings is 1. The van der Waals surface area contributed by atoms with Crippen LogP contribution in [0.2, 0.25) is 0 Å². The topological polar surface area (TPSA) is 62.3 Å². The van der Waals surface area contributed by atoms with Crippen molar-refractivity contribution in [2.45, 2.75) is 46.1 Å². The zero-order valence-electron chi connectivity index (χ0n) is 16.0. The lowest BCUT2D eigenvalue weighted by Crippen LogP contribution is -2.35. The summed E-state index contributed by atoms with van der Waals surface area (Å²) in [6, 6.07) is 11.6. The van der Waals surface area contributed by atoms with Crippen molar-refractivity contribution in [1.29, 1.82) is 0 Å². The summed E-state index contributed by atoms with van der Waals surface area (Å²) in [7, 11) is 0. The molecular formula is C21H27N3O2. The summed E-state index contributed by atoms with van der Waals surface area (Å²) >= 11 is 0. The lowest BCUT2D eigenvalue weighted by atomic mass is 9.85. The molecule has 138 valence electrons. The number of nitrogens with zero attached hydrogens (tertiary/aromatic N) is 2. The maximum atomic E-state index is 12.2. The second-order valence-corrected chi connectivity index (χ2v) is 7.32. The second-order valence-electron chi connectivity index (χ2n) is 7.32. The maximum Gasteiger partial charge on any atom is 0.223 e. The van der Waals surface area contributed by atoms with Crippen LogP contribution < -0.4 is 10.2 Å². The molecule has 1 N–H and O–H groups in total. The molecule has 2 rings (SSSR count). The maximum absolute atomic E-state index is 12.2. The summed E-state index contributed by atoms with van der Waals surface area (Å²) in [4.78, 5) is 30.0. The molecule has 1 heterocycles. The van der Waals surface area contributed by atoms with E-state index in [9.17, 15) is 9.59 Å². The molecule has 1 aromatic carbocycles. The van der Waals surface area contributed by atoms with Gasteiger partial charge < -0.3 is 10.2 Å². The molecule has 1 aromatic heterocycles. The average molecular weight is 353 g/mol. The fourth-order valence-electron chi connectivity index (χ4n) is 2.79. The molecule has 0 aliphatic carbocycles. The summed E-state index contributed by atoms with van der Waals surface area (Å²) in [6.45, 7) is 8.70. The lowest BCUT2D eigenvalue weighted by Gasteiger charge is -2.29. The number of hydrogen-bond acceptors (Lipinski definition) is 3. The van der Waals surface area contributed by atoms with Crippen LogP contribution >= 0.6 is 0 Å². The van der Waals surface area contributed by atoms with Gasteiger partial charge >= 0.3 is 0 Å². The summed E-state index contributed by atoms with van der Waals surface area (Å²) in [5, 5.41) is 2.88. The summed E-state index contributed by atoms with van der Waals surface area (Å²) < 4.78 is 0. The molecule has 0 fully saturated rings. The number of para-hydroxylation sites is 1. The molecule has 0 aliphatic heterocycles. The third-order valence-electron chi connectivity index (χ3n) is 4.18. The molecule has 0 unspecified atom stereocenters. The minimum atomic E-state index is -0.0894. The van der Waals surface area contributed by atoms with Crippen molar-refractivity contribution in [3.63, 3.8) is 0 Å². The fourth-order valence-corrected chi connectivity index (χ4v) is 2.79. The Kier molecular flexibility index (Phi) is 6.50. The number of rotatable bonds is 6. The minimum Gasteiger partial charge on any atom is -0.352 e. The highest BCUT2D eigenvalue weighted by atomic mass is 16.2. The van der Waals surface area contributed by atoms with Gasteiger partial charge in [-0.05, 0) is 34.7 Å². The molecule has 0 radical (unpaired) electrons. The van der Waals surface area contributed by atoms with Crippen LogP contribution in [0.25, 0.3) is 0 Å². The van der Waals surface area contributed by atoms with Gasteiger partial charge in [0.1, 0.15) is 0 Å². The summed E-state index contributed by atoms with van der Waals surface area (Å²) in [6.07, 6.45) is 3.65. The fraction of sp³-hybridized carbons (Fsp3) is 0.381. The predicted octanol–water partition coefficient (Wildman–Crippen LogP) is 3.44. The largest absolute Gasteiger partial charge is 0.352 e. The molecule has 2 amide bonds. The molecule has 0 aliphatic rings. The number of aromatic nitrogens is 1. The van der Waals surface area contributed by atoms with E-state index in [1.165, 1.54) is 6.92 Å². The Labute approximate surface area is 155 Å². The number of nitrogens with one attached hydrogen (secondary N) is 1. The highest BCUT2D eigenvalue weighted by Crippen LogP contribution is 2.32. The molecule has 5 nitrogen and oxygen atoms in total. The van der Waals surface area contributed by atoms with Crippen LogP contribution in [0.4, 0.5) is 5.69 Å². The van der Waals surface area contributed by atoms with Gasteiger partial charge in [0.2, 0.25) is 11.8 Å². The number of amides is 2. The van der Waals surface area contributed by atoms with Crippen LogP contribution in [0, 0.1) is 0 Å². The van der Waals surface area contributed by atoms with Crippen LogP contribution in [0.5, 0.6) is 0 Å². The second kappa shape index (κ2) is 8.61. The van der Waals surface area contributed by atoms with E-state index in [4.69, 9.17) is 0 Å². The molecule has 2 aromatic rings. The van der Waals surface area contributed by atoms with Crippen molar-refractivity contribution >= 4 is 17.5 Å². The number of carbonyl (C=O) groups is 2. The van der Waals surface area contributed by atoms with E-state index in [0.717, 1.165) is 16.8 Å². The minimum absolute atomic E-state index is 0.0661. The molecule has 0 bridgehead atoms. The third kappa shape index (κ3) is 5.41. The smallest absolute Gasteiger partial charge is 0.223 e. The Bertz CT molecular complexity index is 751. The number of anilines is 1. The predicted molar refractivity (Wildman–Crippen MR) is 104 cm³/mol. The van der Waals surface area contributed by atoms with Crippen LogP contribution in [0.15, 0.2) is 48.8 Å². The van der Waals surface area contributed by atoms with Crippen LogP contribution in [-0.2, 0) is 21.5 Å². The number of carbonyl (C=O) groups excluding carboxylic acids is 2. The van der Waals surface area contributed by atoms with Gasteiger partial charge in [-0.15, -0.1) is 0 Å². The molecule has 0 atom stereocenters. The first kappa shape index (κ1) is 19.6. The quantitative estimate of drug-likeness (QED) is 0.865. The van der Waals surface area contributed by atoms with Crippen LogP contribution in [0.1, 0.15) is 45.2 Å². The standard InChI is InChI=1S/C21H27N3O2/c1-16(25)24(19-8-6-5-7-18(19)21(2,3)4)14-11-20(26)23-15-17-9-12-22-13-10-17/h5-10,12-13H,11,14-15H2,1-4H3,(H,23,26). The highest BCUT2D eigenvalue weighted by molar-refractivity contribution is 5.93. The number of pyridine rings is 1. The van der Waals surface area contributed by atoms with Crippen molar-refractivity contribution in [2.75, 3.05) is 11.4 Å². The van der Waals surface area contributed by atoms with Gasteiger partial charge in [-0.2, -0.15) is 0 Å². The molecule has 26 heavy (non-hydrogen) atoms. The van der Waals surface area contributed by atoms with Crippen LogP contribution in [-0.4, -0.2) is 23.3 Å². The van der Waals surface area contributed by atoms with Gasteiger partial charge in [-0.3, -0.25) is 14.6 Å². The van der Waals surface area contributed by atoms with E-state index in [0.29, 0.717) is 13.1 Å². The Morgan fingerprint density at radius 1 is 1.08 bits per heavy atom. The average Bonchev–Trinajstić information content (AvgIpc) is 2.60. The van der Waals surface area contributed by atoms with E-state index in [1.54, 1.807) is 17.3 Å². The first-order valence-corrected chi connectivity index (χ1v) is 8.82. The molecule has 5 heteroatoms. The van der Waals surface area contributed by atoms with Gasteiger partial charge in [0.05, 0.1) is 0 Å². The van der Waals surface area contributed by atoms with Crippen molar-refractivity contribution in [3.8, 4) is 0 Å². The van der Waals surface area contributed by atoms with Gasteiger partial charge in [0.15, 0.2) is 0 Å². The number of hydrogen-bond donors (Lipinski definition) is 1. The molecular weight excluding hydrogens is 326 g/mol. The van der Waals surface area contributed by atoms with E-state index in [-0.39, 0.29) is 23.7 Å². The Balaban J connectivity index is 2.03. The lowest BCUT2D eigenvalue weighted by molar-refractivity contribution is -0.121.